The quantitative estimate of drug-likeness (QED) is 0.0222. The number of aliphatic hydroxyl groups is 1. The Morgan fingerprint density at radius 3 is 0.703 bits per heavy atom. The van der Waals surface area contributed by atoms with E-state index in [1.807, 2.05) is 0 Å². The molecule has 0 aromatic rings. The van der Waals surface area contributed by atoms with Crippen LogP contribution in [0.25, 0.3) is 0 Å². The average Bonchev–Trinajstić information content (AvgIpc) is 0.926. The molecule has 0 aliphatic rings. The van der Waals surface area contributed by atoms with Crippen molar-refractivity contribution < 1.29 is 80.2 Å². The molecule has 600 valence electrons. The first-order valence-corrected chi connectivity index (χ1v) is 45.2. The summed E-state index contributed by atoms with van der Waals surface area (Å²) in [7, 11) is -9.92. The van der Waals surface area contributed by atoms with Crippen LogP contribution in [0.15, 0.2) is 0 Å². The predicted molar refractivity (Wildman–Crippen MR) is 414 cm³/mol. The Balaban J connectivity index is 5.23. The minimum atomic E-state index is -4.96. The molecule has 0 aliphatic carbocycles. The number of rotatable bonds is 79. The van der Waals surface area contributed by atoms with Gasteiger partial charge in [0.05, 0.1) is 26.4 Å². The molecule has 0 aromatic carbocycles. The molecule has 0 spiro atoms. The van der Waals surface area contributed by atoms with Crippen molar-refractivity contribution in [3.63, 3.8) is 0 Å². The molecule has 0 radical (unpaired) electrons. The van der Waals surface area contributed by atoms with E-state index in [2.05, 4.69) is 55.4 Å². The van der Waals surface area contributed by atoms with Crippen LogP contribution in [0, 0.1) is 23.7 Å². The summed E-state index contributed by atoms with van der Waals surface area (Å²) in [5.74, 6) is 1.01. The third-order valence-corrected chi connectivity index (χ3v) is 21.3. The third kappa shape index (κ3) is 74.7. The highest BCUT2D eigenvalue weighted by atomic mass is 31.2. The molecule has 0 bridgehead atoms. The van der Waals surface area contributed by atoms with E-state index < -0.39 is 97.5 Å². The normalized spacial score (nSPS) is 14.3. The molecule has 0 fully saturated rings. The van der Waals surface area contributed by atoms with Gasteiger partial charge in [0.1, 0.15) is 19.3 Å². The van der Waals surface area contributed by atoms with Crippen molar-refractivity contribution in [1.82, 2.24) is 0 Å². The molecule has 3 N–H and O–H groups in total. The first-order valence-electron chi connectivity index (χ1n) is 42.2. The van der Waals surface area contributed by atoms with Crippen molar-refractivity contribution in [2.75, 3.05) is 39.6 Å². The van der Waals surface area contributed by atoms with E-state index in [0.29, 0.717) is 31.6 Å². The summed E-state index contributed by atoms with van der Waals surface area (Å²) in [6.45, 7) is 14.3. The van der Waals surface area contributed by atoms with Gasteiger partial charge < -0.3 is 33.8 Å². The lowest BCUT2D eigenvalue weighted by Gasteiger charge is -2.21. The molecule has 19 heteroatoms. The fraction of sp³-hybridized carbons (Fsp3) is 0.951. The van der Waals surface area contributed by atoms with Crippen LogP contribution in [0.3, 0.4) is 0 Å². The summed E-state index contributed by atoms with van der Waals surface area (Å²) in [6, 6.07) is 0. The minimum absolute atomic E-state index is 0.107. The number of esters is 4. The lowest BCUT2D eigenvalue weighted by Crippen LogP contribution is -2.30. The molecule has 4 unspecified atom stereocenters. The Morgan fingerprint density at radius 1 is 0.277 bits per heavy atom. The lowest BCUT2D eigenvalue weighted by molar-refractivity contribution is -0.161. The highest BCUT2D eigenvalue weighted by Crippen LogP contribution is 2.45. The third-order valence-electron chi connectivity index (χ3n) is 19.4. The van der Waals surface area contributed by atoms with Gasteiger partial charge in [-0.3, -0.25) is 37.3 Å². The van der Waals surface area contributed by atoms with Gasteiger partial charge in [-0.15, -0.1) is 0 Å². The van der Waals surface area contributed by atoms with Gasteiger partial charge >= 0.3 is 39.5 Å². The summed E-state index contributed by atoms with van der Waals surface area (Å²) < 4.78 is 68.8. The standard InChI is InChI=1S/C82H160O17P2/c1-9-75(8)61-53-45-37-29-25-26-30-38-46-54-62-79(84)92-68-77(98-81(86)64-57-49-40-32-24-20-16-12-14-18-22-28-35-43-51-59-73(4)5)70-96-100(88,89)94-66-76(83)67-95-101(90,91)97-71-78(69-93-80(85)63-55-47-41-33-36-44-52-60-74(6)7)99-82(87)65-56-48-39-31-23-19-15-11-10-13-17-21-27-34-42-50-58-72(2)3/h72-78,83H,9-71H2,1-8H3,(H,88,89)(H,90,91)/t75?,76?,77-,78-/m1/s1. The Morgan fingerprint density at radius 2 is 0.475 bits per heavy atom. The number of phosphoric acid groups is 2. The lowest BCUT2D eigenvalue weighted by atomic mass is 9.99. The van der Waals surface area contributed by atoms with E-state index in [0.717, 1.165) is 114 Å². The van der Waals surface area contributed by atoms with Gasteiger partial charge in [0, 0.05) is 25.7 Å². The molecular formula is C82H160O17P2. The fourth-order valence-corrected chi connectivity index (χ4v) is 14.2. The number of carbonyl (C=O) groups excluding carboxylic acids is 4. The highest BCUT2D eigenvalue weighted by Gasteiger charge is 2.30. The number of ether oxygens (including phenoxy) is 4. The van der Waals surface area contributed by atoms with Gasteiger partial charge in [-0.25, -0.2) is 9.13 Å². The van der Waals surface area contributed by atoms with Crippen LogP contribution in [-0.4, -0.2) is 96.7 Å². The molecule has 0 rings (SSSR count). The molecule has 0 aliphatic heterocycles. The highest BCUT2D eigenvalue weighted by molar-refractivity contribution is 7.47. The van der Waals surface area contributed by atoms with E-state index in [4.69, 9.17) is 37.0 Å². The number of hydrogen-bond donors (Lipinski definition) is 3. The topological polar surface area (TPSA) is 237 Å². The Labute approximate surface area is 619 Å². The van der Waals surface area contributed by atoms with Gasteiger partial charge in [-0.2, -0.15) is 0 Å². The zero-order chi connectivity index (χ0) is 74.6. The van der Waals surface area contributed by atoms with Crippen molar-refractivity contribution >= 4 is 39.5 Å². The zero-order valence-electron chi connectivity index (χ0n) is 66.5. The Kier molecular flexibility index (Phi) is 69.6. The number of hydrogen-bond acceptors (Lipinski definition) is 15. The molecule has 0 aromatic heterocycles. The fourth-order valence-electron chi connectivity index (χ4n) is 12.6. The smallest absolute Gasteiger partial charge is 0.462 e. The molecule has 0 amide bonds. The molecule has 0 saturated heterocycles. The van der Waals surface area contributed by atoms with Crippen LogP contribution in [0.1, 0.15) is 421 Å². The van der Waals surface area contributed by atoms with E-state index in [1.165, 1.54) is 218 Å². The number of unbranched alkanes of at least 4 members (excludes halogenated alkanes) is 44. The molecule has 6 atom stereocenters. The number of aliphatic hydroxyl groups excluding tert-OH is 1. The van der Waals surface area contributed by atoms with Crippen LogP contribution < -0.4 is 0 Å². The van der Waals surface area contributed by atoms with Crippen LogP contribution in [-0.2, 0) is 65.4 Å². The van der Waals surface area contributed by atoms with E-state index in [9.17, 15) is 43.2 Å². The summed E-state index contributed by atoms with van der Waals surface area (Å²) >= 11 is 0. The van der Waals surface area contributed by atoms with Crippen molar-refractivity contribution in [2.24, 2.45) is 23.7 Å². The van der Waals surface area contributed by atoms with Gasteiger partial charge in [-0.1, -0.05) is 370 Å². The van der Waals surface area contributed by atoms with E-state index >= 15 is 0 Å². The Bertz CT molecular complexity index is 1970. The predicted octanol–water partition coefficient (Wildman–Crippen LogP) is 24.4. The van der Waals surface area contributed by atoms with Crippen molar-refractivity contribution in [3.05, 3.63) is 0 Å². The van der Waals surface area contributed by atoms with Crippen LogP contribution in [0.5, 0.6) is 0 Å². The summed E-state index contributed by atoms with van der Waals surface area (Å²) in [5, 5.41) is 10.6. The van der Waals surface area contributed by atoms with Gasteiger partial charge in [0.2, 0.25) is 0 Å². The average molecular weight is 1480 g/mol. The molecular weight excluding hydrogens is 1320 g/mol. The van der Waals surface area contributed by atoms with Gasteiger partial charge in [0.15, 0.2) is 12.2 Å². The number of phosphoric ester groups is 2. The maximum absolute atomic E-state index is 13.1. The zero-order valence-corrected chi connectivity index (χ0v) is 68.3. The molecule has 101 heavy (non-hydrogen) atoms. The van der Waals surface area contributed by atoms with Gasteiger partial charge in [-0.05, 0) is 49.4 Å². The second kappa shape index (κ2) is 71.0. The van der Waals surface area contributed by atoms with Crippen molar-refractivity contribution in [2.45, 2.75) is 440 Å². The summed E-state index contributed by atoms with van der Waals surface area (Å²) in [4.78, 5) is 73.1. The second-order valence-corrected chi connectivity index (χ2v) is 34.1. The summed E-state index contributed by atoms with van der Waals surface area (Å²) in [5.41, 5.74) is 0. The van der Waals surface area contributed by atoms with Crippen molar-refractivity contribution in [1.29, 1.82) is 0 Å². The van der Waals surface area contributed by atoms with E-state index in [1.54, 1.807) is 0 Å². The van der Waals surface area contributed by atoms with Gasteiger partial charge in [0.25, 0.3) is 0 Å². The van der Waals surface area contributed by atoms with Crippen LogP contribution in [0.2, 0.25) is 0 Å². The minimum Gasteiger partial charge on any atom is -0.462 e. The first kappa shape index (κ1) is 99.1. The largest absolute Gasteiger partial charge is 0.472 e. The molecule has 0 heterocycles. The summed E-state index contributed by atoms with van der Waals surface area (Å²) in [6.07, 6.45) is 58.3. The van der Waals surface area contributed by atoms with Crippen molar-refractivity contribution in [3.8, 4) is 0 Å². The maximum atomic E-state index is 13.1. The van der Waals surface area contributed by atoms with Crippen LogP contribution >= 0.6 is 15.6 Å². The monoisotopic (exact) mass is 1480 g/mol. The molecule has 0 saturated carbocycles. The maximum Gasteiger partial charge on any atom is 0.472 e. The second-order valence-electron chi connectivity index (χ2n) is 31.2. The van der Waals surface area contributed by atoms with Crippen LogP contribution in [0.4, 0.5) is 0 Å². The SMILES string of the molecule is CCC(C)CCCCCCCCCCCCC(=O)OC[C@H](COP(=O)(O)OCC(O)COP(=O)(O)OC[C@@H](COC(=O)CCCCCCCCCC(C)C)OC(=O)CCCCCCCCCCCCCCCCCCC(C)C)OC(=O)CCCCCCCCCCCCCCCCCC(C)C. The number of carbonyl (C=O) groups is 4. The Hall–Kier alpha value is -1.94. The first-order chi connectivity index (χ1) is 48.6. The van der Waals surface area contributed by atoms with E-state index in [-0.39, 0.29) is 25.7 Å². The molecule has 17 nitrogen and oxygen atoms in total.